The van der Waals surface area contributed by atoms with Crippen molar-refractivity contribution in [2.24, 2.45) is 0 Å². The van der Waals surface area contributed by atoms with Gasteiger partial charge in [-0.2, -0.15) is 0 Å². The molecule has 0 fully saturated rings. The van der Waals surface area contributed by atoms with Gasteiger partial charge in [0.15, 0.2) is 0 Å². The molecule has 0 bridgehead atoms. The molecule has 140 valence electrons. The second-order valence-corrected chi connectivity index (χ2v) is 12.5. The number of alkyl carbamates (subject to hydrolysis) is 1. The number of amides is 1. The fourth-order valence-electron chi connectivity index (χ4n) is 1.78. The van der Waals surface area contributed by atoms with Crippen LogP contribution in [0.25, 0.3) is 0 Å². The van der Waals surface area contributed by atoms with Crippen molar-refractivity contribution in [3.8, 4) is 5.75 Å². The SMILES string of the molecule is C[Si](C)(C)CCOC(=O)NC[C@H](O)CCOc1ccc([N+](=O)[O-])cc1. The largest absolute Gasteiger partial charge is 0.493 e. The van der Waals surface area contributed by atoms with Crippen molar-refractivity contribution >= 4 is 19.9 Å². The number of carbonyl (C=O) groups is 1. The molecule has 1 rings (SSSR count). The van der Waals surface area contributed by atoms with Gasteiger partial charge in [-0.05, 0) is 18.2 Å². The number of benzene rings is 1. The maximum Gasteiger partial charge on any atom is 0.407 e. The molecule has 0 radical (unpaired) electrons. The number of nitrogens with one attached hydrogen (secondary N) is 1. The maximum absolute atomic E-state index is 11.5. The fraction of sp³-hybridized carbons (Fsp3) is 0.562. The number of nitrogens with zero attached hydrogens (tertiary/aromatic N) is 1. The smallest absolute Gasteiger partial charge is 0.407 e. The van der Waals surface area contributed by atoms with E-state index in [-0.39, 0.29) is 18.8 Å². The molecule has 1 atom stereocenters. The second kappa shape index (κ2) is 9.99. The van der Waals surface area contributed by atoms with Gasteiger partial charge in [-0.1, -0.05) is 19.6 Å². The Balaban J connectivity index is 2.17. The molecule has 25 heavy (non-hydrogen) atoms. The van der Waals surface area contributed by atoms with Crippen LogP contribution in [0.3, 0.4) is 0 Å². The molecule has 9 heteroatoms. The van der Waals surface area contributed by atoms with Crippen LogP contribution in [-0.2, 0) is 4.74 Å². The third kappa shape index (κ3) is 9.68. The number of ether oxygens (including phenoxy) is 2. The average molecular weight is 370 g/mol. The molecule has 0 saturated heterocycles. The zero-order chi connectivity index (χ0) is 18.9. The molecule has 0 heterocycles. The van der Waals surface area contributed by atoms with Gasteiger partial charge < -0.3 is 19.9 Å². The van der Waals surface area contributed by atoms with Gasteiger partial charge >= 0.3 is 6.09 Å². The van der Waals surface area contributed by atoms with E-state index >= 15 is 0 Å². The highest BCUT2D eigenvalue weighted by molar-refractivity contribution is 6.76. The molecule has 1 amide bonds. The van der Waals surface area contributed by atoms with E-state index in [0.29, 0.717) is 18.8 Å². The van der Waals surface area contributed by atoms with Crippen LogP contribution in [0.2, 0.25) is 25.7 Å². The molecule has 8 nitrogen and oxygen atoms in total. The summed E-state index contributed by atoms with van der Waals surface area (Å²) in [6.45, 7) is 7.29. The highest BCUT2D eigenvalue weighted by atomic mass is 28.3. The van der Waals surface area contributed by atoms with E-state index < -0.39 is 25.2 Å². The summed E-state index contributed by atoms with van der Waals surface area (Å²) < 4.78 is 10.5. The molecule has 1 aromatic carbocycles. The second-order valence-electron chi connectivity index (χ2n) is 6.87. The number of nitro benzene ring substituents is 1. The molecule has 2 N–H and O–H groups in total. The lowest BCUT2D eigenvalue weighted by Crippen LogP contribution is -2.34. The quantitative estimate of drug-likeness (QED) is 0.372. The first-order chi connectivity index (χ1) is 11.7. The van der Waals surface area contributed by atoms with Crippen molar-refractivity contribution in [2.45, 2.75) is 38.2 Å². The van der Waals surface area contributed by atoms with E-state index in [2.05, 4.69) is 25.0 Å². The van der Waals surface area contributed by atoms with Crippen LogP contribution < -0.4 is 10.1 Å². The number of hydrogen-bond donors (Lipinski definition) is 2. The summed E-state index contributed by atoms with van der Waals surface area (Å²) in [6, 6.07) is 6.59. The summed E-state index contributed by atoms with van der Waals surface area (Å²) in [5.74, 6) is 0.483. The molecular formula is C16H26N2O6Si. The number of aliphatic hydroxyl groups is 1. The third-order valence-corrected chi connectivity index (χ3v) is 5.04. The van der Waals surface area contributed by atoms with E-state index in [9.17, 15) is 20.0 Å². The van der Waals surface area contributed by atoms with Crippen LogP contribution in [0, 0.1) is 10.1 Å². The Morgan fingerprint density at radius 3 is 2.48 bits per heavy atom. The van der Waals surface area contributed by atoms with Gasteiger partial charge in [-0.15, -0.1) is 0 Å². The topological polar surface area (TPSA) is 111 Å². The summed E-state index contributed by atoms with van der Waals surface area (Å²) in [7, 11) is -1.24. The van der Waals surface area contributed by atoms with Crippen LogP contribution in [-0.4, -0.2) is 50.1 Å². The Bertz CT molecular complexity index is 559. The van der Waals surface area contributed by atoms with E-state index in [1.54, 1.807) is 0 Å². The zero-order valence-corrected chi connectivity index (χ0v) is 15.9. The predicted octanol–water partition coefficient (Wildman–Crippen LogP) is 2.79. The molecule has 0 spiro atoms. The highest BCUT2D eigenvalue weighted by Gasteiger charge is 2.14. The lowest BCUT2D eigenvalue weighted by Gasteiger charge is -2.16. The lowest BCUT2D eigenvalue weighted by atomic mass is 10.2. The van der Waals surface area contributed by atoms with Crippen LogP contribution in [0.4, 0.5) is 10.5 Å². The summed E-state index contributed by atoms with van der Waals surface area (Å²) in [5, 5.41) is 22.9. The number of hydrogen-bond acceptors (Lipinski definition) is 6. The third-order valence-electron chi connectivity index (χ3n) is 3.33. The molecule has 0 aliphatic rings. The normalized spacial score (nSPS) is 12.3. The highest BCUT2D eigenvalue weighted by Crippen LogP contribution is 2.17. The minimum Gasteiger partial charge on any atom is -0.493 e. The van der Waals surface area contributed by atoms with E-state index in [1.165, 1.54) is 24.3 Å². The fourth-order valence-corrected chi connectivity index (χ4v) is 2.50. The molecular weight excluding hydrogens is 344 g/mol. The summed E-state index contributed by atoms with van der Waals surface area (Å²) >= 11 is 0. The van der Waals surface area contributed by atoms with Crippen LogP contribution in [0.1, 0.15) is 6.42 Å². The van der Waals surface area contributed by atoms with E-state index in [1.807, 2.05) is 0 Å². The van der Waals surface area contributed by atoms with Gasteiger partial charge in [0.05, 0.1) is 24.2 Å². The first kappa shape index (κ1) is 20.9. The Hall–Kier alpha value is -2.13. The Morgan fingerprint density at radius 1 is 1.28 bits per heavy atom. The molecule has 1 aromatic rings. The van der Waals surface area contributed by atoms with Crippen molar-refractivity contribution in [1.82, 2.24) is 5.32 Å². The van der Waals surface area contributed by atoms with Gasteiger partial charge in [0.2, 0.25) is 0 Å². The van der Waals surface area contributed by atoms with Crippen molar-refractivity contribution in [2.75, 3.05) is 19.8 Å². The van der Waals surface area contributed by atoms with Gasteiger partial charge in [0, 0.05) is 33.2 Å². The molecule has 0 aliphatic carbocycles. The minimum atomic E-state index is -1.24. The Kier molecular flexibility index (Phi) is 8.36. The average Bonchev–Trinajstić information content (AvgIpc) is 2.52. The van der Waals surface area contributed by atoms with E-state index in [4.69, 9.17) is 9.47 Å². The number of rotatable bonds is 10. The van der Waals surface area contributed by atoms with Gasteiger partial charge in [-0.25, -0.2) is 4.79 Å². The van der Waals surface area contributed by atoms with Gasteiger partial charge in [-0.3, -0.25) is 10.1 Å². The minimum absolute atomic E-state index is 0.00998. The number of non-ortho nitro benzene ring substituents is 1. The summed E-state index contributed by atoms with van der Waals surface area (Å²) in [5.41, 5.74) is -0.00998. The zero-order valence-electron chi connectivity index (χ0n) is 14.9. The molecule has 0 aliphatic heterocycles. The Labute approximate surface area is 148 Å². The summed E-state index contributed by atoms with van der Waals surface area (Å²) in [4.78, 5) is 21.6. The number of nitro groups is 1. The number of carbonyl (C=O) groups excluding carboxylic acids is 1. The summed E-state index contributed by atoms with van der Waals surface area (Å²) in [6.07, 6.45) is -0.984. The van der Waals surface area contributed by atoms with Crippen molar-refractivity contribution in [3.05, 3.63) is 34.4 Å². The first-order valence-corrected chi connectivity index (χ1v) is 11.8. The van der Waals surface area contributed by atoms with Gasteiger partial charge in [0.25, 0.3) is 5.69 Å². The van der Waals surface area contributed by atoms with Crippen molar-refractivity contribution in [3.63, 3.8) is 0 Å². The standard InChI is InChI=1S/C16H26N2O6Si/c1-25(2,3)11-10-24-16(20)17-12-14(19)8-9-23-15-6-4-13(5-7-15)18(21)22/h4-7,14,19H,8-12H2,1-3H3,(H,17,20)/t14-/m1/s1. The predicted molar refractivity (Wildman–Crippen MR) is 96.7 cm³/mol. The lowest BCUT2D eigenvalue weighted by molar-refractivity contribution is -0.384. The number of aliphatic hydroxyl groups excluding tert-OH is 1. The monoisotopic (exact) mass is 370 g/mol. The maximum atomic E-state index is 11.5. The van der Waals surface area contributed by atoms with E-state index in [0.717, 1.165) is 6.04 Å². The molecule has 0 saturated carbocycles. The van der Waals surface area contributed by atoms with Crippen LogP contribution >= 0.6 is 0 Å². The van der Waals surface area contributed by atoms with Crippen molar-refractivity contribution in [1.29, 1.82) is 0 Å². The van der Waals surface area contributed by atoms with Crippen molar-refractivity contribution < 1.29 is 24.3 Å². The van der Waals surface area contributed by atoms with Crippen LogP contribution in [0.5, 0.6) is 5.75 Å². The van der Waals surface area contributed by atoms with Crippen LogP contribution in [0.15, 0.2) is 24.3 Å². The van der Waals surface area contributed by atoms with Gasteiger partial charge in [0.1, 0.15) is 5.75 Å². The Morgan fingerprint density at radius 2 is 1.92 bits per heavy atom. The molecule has 0 aromatic heterocycles. The molecule has 0 unspecified atom stereocenters. The first-order valence-electron chi connectivity index (χ1n) is 8.13.